The number of guanidine groups is 1. The number of ether oxygens (including phenoxy) is 3. The van der Waals surface area contributed by atoms with E-state index in [1.165, 1.54) is 0 Å². The summed E-state index contributed by atoms with van der Waals surface area (Å²) in [6, 6.07) is 24.2. The van der Waals surface area contributed by atoms with Crippen molar-refractivity contribution in [3.63, 3.8) is 0 Å². The van der Waals surface area contributed by atoms with E-state index in [2.05, 4.69) is 42.0 Å². The molecule has 0 saturated heterocycles. The number of carbonyl (C=O) groups excluding carboxylic acids is 1. The van der Waals surface area contributed by atoms with Gasteiger partial charge in [-0.1, -0.05) is 55.1 Å². The van der Waals surface area contributed by atoms with Crippen LogP contribution in [0.3, 0.4) is 0 Å². The van der Waals surface area contributed by atoms with E-state index in [-0.39, 0.29) is 11.4 Å². The average Bonchev–Trinajstić information content (AvgIpc) is 3.83. The molecule has 7 nitrogen and oxygen atoms in total. The van der Waals surface area contributed by atoms with Gasteiger partial charge in [0.05, 0.1) is 6.61 Å². The first-order chi connectivity index (χ1) is 21.5. The molecule has 0 radical (unpaired) electrons. The molecule has 0 aromatic heterocycles. The van der Waals surface area contributed by atoms with E-state index in [0.717, 1.165) is 53.0 Å². The van der Waals surface area contributed by atoms with Gasteiger partial charge >= 0.3 is 0 Å². The minimum Gasteiger partial charge on any atom is -0.493 e. The van der Waals surface area contributed by atoms with Crippen molar-refractivity contribution in [2.75, 3.05) is 13.2 Å². The summed E-state index contributed by atoms with van der Waals surface area (Å²) in [7, 11) is 0. The zero-order chi connectivity index (χ0) is 32.4. The number of aliphatic imine (C=N–C) groups is 1. The molecule has 45 heavy (non-hydrogen) atoms. The quantitative estimate of drug-likeness (QED) is 0.104. The first-order valence-corrected chi connectivity index (χ1v) is 15.7. The summed E-state index contributed by atoms with van der Waals surface area (Å²) in [5.74, 6) is 2.94. The summed E-state index contributed by atoms with van der Waals surface area (Å²) >= 11 is 0. The van der Waals surface area contributed by atoms with Gasteiger partial charge in [0, 0.05) is 18.7 Å². The van der Waals surface area contributed by atoms with E-state index in [4.69, 9.17) is 19.2 Å². The van der Waals surface area contributed by atoms with Crippen LogP contribution in [0, 0.1) is 12.8 Å². The highest BCUT2D eigenvalue weighted by atomic mass is 16.5. The normalized spacial score (nSPS) is 13.8. The molecule has 1 unspecified atom stereocenters. The van der Waals surface area contributed by atoms with Crippen molar-refractivity contribution in [2.45, 2.75) is 72.0 Å². The highest BCUT2D eigenvalue weighted by Crippen LogP contribution is 2.34. The van der Waals surface area contributed by atoms with Gasteiger partial charge in [0.15, 0.2) is 17.8 Å². The fourth-order valence-electron chi connectivity index (χ4n) is 4.75. The van der Waals surface area contributed by atoms with Gasteiger partial charge in [0.25, 0.3) is 0 Å². The van der Waals surface area contributed by atoms with Crippen molar-refractivity contribution in [3.05, 3.63) is 109 Å². The van der Waals surface area contributed by atoms with E-state index >= 15 is 0 Å². The van der Waals surface area contributed by atoms with Gasteiger partial charge in [-0.2, -0.15) is 0 Å². The van der Waals surface area contributed by atoms with Crippen LogP contribution >= 0.6 is 0 Å². The Morgan fingerprint density at radius 3 is 2.31 bits per heavy atom. The van der Waals surface area contributed by atoms with Crippen molar-refractivity contribution < 1.29 is 19.0 Å². The zero-order valence-electron chi connectivity index (χ0n) is 27.3. The Balaban J connectivity index is 1.26. The number of hydrogen-bond acceptors (Lipinski definition) is 5. The van der Waals surface area contributed by atoms with Crippen molar-refractivity contribution in [3.8, 4) is 22.6 Å². The number of hydrogen-bond donors (Lipinski definition) is 2. The van der Waals surface area contributed by atoms with Crippen LogP contribution in [0.1, 0.15) is 58.1 Å². The maximum absolute atomic E-state index is 12.4. The highest BCUT2D eigenvalue weighted by molar-refractivity contribution is 5.83. The predicted octanol–water partition coefficient (Wildman–Crippen LogP) is 7.76. The highest BCUT2D eigenvalue weighted by Gasteiger charge is 2.25. The molecular formula is C38H47N3O4. The van der Waals surface area contributed by atoms with Crippen LogP contribution in [0.4, 0.5) is 0 Å². The monoisotopic (exact) mass is 609 g/mol. The molecule has 0 heterocycles. The van der Waals surface area contributed by atoms with Crippen LogP contribution in [-0.2, 0) is 16.0 Å². The van der Waals surface area contributed by atoms with Crippen molar-refractivity contribution in [1.82, 2.24) is 10.6 Å². The fourth-order valence-corrected chi connectivity index (χ4v) is 4.75. The molecular weight excluding hydrogens is 562 g/mol. The molecule has 0 spiro atoms. The van der Waals surface area contributed by atoms with E-state index in [9.17, 15) is 4.79 Å². The first kappa shape index (κ1) is 33.4. The van der Waals surface area contributed by atoms with Crippen LogP contribution in [0.2, 0.25) is 0 Å². The fraction of sp³-hybridized carbons (Fsp3) is 0.368. The lowest BCUT2D eigenvalue weighted by Crippen LogP contribution is -2.38. The van der Waals surface area contributed by atoms with E-state index in [1.807, 2.05) is 82.3 Å². The summed E-state index contributed by atoms with van der Waals surface area (Å²) in [6.07, 6.45) is 2.92. The second-order valence-corrected chi connectivity index (χ2v) is 12.5. The molecule has 4 rings (SSSR count). The zero-order valence-corrected chi connectivity index (χ0v) is 27.3. The summed E-state index contributed by atoms with van der Waals surface area (Å²) in [5, 5.41) is 6.46. The maximum Gasteiger partial charge on any atom is 0.202 e. The average molecular weight is 610 g/mol. The van der Waals surface area contributed by atoms with Crippen molar-refractivity contribution >= 4 is 11.7 Å². The van der Waals surface area contributed by atoms with Gasteiger partial charge in [-0.3, -0.25) is 15.1 Å². The molecule has 238 valence electrons. The molecule has 7 heteroatoms. The number of nitrogens with one attached hydrogen (secondary N) is 2. The third kappa shape index (κ3) is 11.2. The number of carbonyl (C=O) groups is 1. The second-order valence-electron chi connectivity index (χ2n) is 12.5. The molecule has 1 aliphatic rings. The van der Waals surface area contributed by atoms with Crippen LogP contribution in [0.25, 0.3) is 11.1 Å². The number of aryl methyl sites for hydroxylation is 1. The van der Waals surface area contributed by atoms with Gasteiger partial charge in [-0.25, -0.2) is 0 Å². The number of ketones is 1. The minimum absolute atomic E-state index is 0.0290. The lowest BCUT2D eigenvalue weighted by molar-refractivity contribution is -0.124. The van der Waals surface area contributed by atoms with Crippen LogP contribution < -0.4 is 20.1 Å². The van der Waals surface area contributed by atoms with E-state index in [1.54, 1.807) is 6.92 Å². The molecule has 1 atom stereocenters. The molecule has 1 fully saturated rings. The Bertz CT molecular complexity index is 1490. The molecule has 0 bridgehead atoms. The Labute approximate surface area is 268 Å². The molecule has 0 aliphatic heterocycles. The van der Waals surface area contributed by atoms with Crippen LogP contribution in [-0.4, -0.2) is 36.6 Å². The number of nitrogens with zero attached hydrogens (tertiary/aromatic N) is 1. The Kier molecular flexibility index (Phi) is 11.5. The molecule has 0 amide bonds. The summed E-state index contributed by atoms with van der Waals surface area (Å²) in [4.78, 5) is 17.1. The topological polar surface area (TPSA) is 81.2 Å². The summed E-state index contributed by atoms with van der Waals surface area (Å²) in [6.45, 7) is 18.5. The van der Waals surface area contributed by atoms with Crippen molar-refractivity contribution in [2.24, 2.45) is 10.9 Å². The van der Waals surface area contributed by atoms with Gasteiger partial charge in [-0.05, 0) is 113 Å². The molecule has 2 N–H and O–H groups in total. The summed E-state index contributed by atoms with van der Waals surface area (Å²) in [5.41, 5.74) is 4.97. The van der Waals surface area contributed by atoms with Gasteiger partial charge in [-0.15, -0.1) is 0 Å². The van der Waals surface area contributed by atoms with Gasteiger partial charge in [0.2, 0.25) is 5.96 Å². The molecule has 3 aromatic carbocycles. The number of allylic oxidation sites excluding steroid dienone is 1. The Morgan fingerprint density at radius 2 is 1.69 bits per heavy atom. The van der Waals surface area contributed by atoms with Gasteiger partial charge < -0.3 is 19.5 Å². The molecule has 3 aromatic rings. The molecule has 1 saturated carbocycles. The third-order valence-electron chi connectivity index (χ3n) is 7.28. The largest absolute Gasteiger partial charge is 0.493 e. The lowest BCUT2D eigenvalue weighted by atomic mass is 10.0. The number of benzene rings is 3. The standard InChI is InChI=1S/C38H47N3O4/c1-26-25-33(32-11-9-8-10-12-32)17-20-35(26)44-36(28(3)42)22-24-43-34-18-13-30(14-19-34)21-23-39-37(40-27(2)31-15-16-31)41-29(4)45-38(5,6)7/h8-14,17-20,25,31,36H,2,4,15-16,21-24H2,1,3,5-7H3,(H2,39,40,41). The van der Waals surface area contributed by atoms with Crippen LogP contribution in [0.15, 0.2) is 103 Å². The Hall–Kier alpha value is -4.52. The second kappa shape index (κ2) is 15.5. The SMILES string of the molecule is C=C(NC(=NCCc1ccc(OCCC(Oc2ccc(-c3ccccc3)cc2C)C(C)=O)cc1)NC(=C)C1CC1)OC(C)(C)C. The van der Waals surface area contributed by atoms with Crippen molar-refractivity contribution in [1.29, 1.82) is 0 Å². The van der Waals surface area contributed by atoms with E-state index in [0.29, 0.717) is 43.1 Å². The number of rotatable bonds is 15. The van der Waals surface area contributed by atoms with Gasteiger partial charge in [0.1, 0.15) is 17.1 Å². The minimum atomic E-state index is -0.583. The number of Topliss-reactive ketones (excluding diaryl/α,β-unsaturated/α-hetero) is 1. The maximum atomic E-state index is 12.4. The third-order valence-corrected chi connectivity index (χ3v) is 7.28. The summed E-state index contributed by atoms with van der Waals surface area (Å²) < 4.78 is 17.9. The smallest absolute Gasteiger partial charge is 0.202 e. The lowest BCUT2D eigenvalue weighted by Gasteiger charge is -2.24. The van der Waals surface area contributed by atoms with E-state index < -0.39 is 6.10 Å². The Morgan fingerprint density at radius 1 is 0.978 bits per heavy atom. The first-order valence-electron chi connectivity index (χ1n) is 15.7. The molecule has 1 aliphatic carbocycles. The predicted molar refractivity (Wildman–Crippen MR) is 182 cm³/mol. The van der Waals surface area contributed by atoms with Crippen LogP contribution in [0.5, 0.6) is 11.5 Å².